The van der Waals surface area contributed by atoms with Crippen molar-refractivity contribution < 1.29 is 22.0 Å². The minimum atomic E-state index is -3.62. The van der Waals surface area contributed by atoms with Crippen LogP contribution in [-0.4, -0.2) is 59.4 Å². The maximum absolute atomic E-state index is 12.9. The first kappa shape index (κ1) is 21.8. The van der Waals surface area contributed by atoms with Gasteiger partial charge in [-0.15, -0.1) is 20.4 Å². The van der Waals surface area contributed by atoms with E-state index in [2.05, 4.69) is 20.4 Å². The molecule has 0 amide bonds. The molecule has 0 N–H and O–H groups in total. The number of sulfonamides is 1. The van der Waals surface area contributed by atoms with Crippen molar-refractivity contribution in [3.8, 4) is 22.9 Å². The number of hydrogen-bond acceptors (Lipinski definition) is 10. The molecule has 1 saturated heterocycles. The number of thioether (sulfide) groups is 1. The van der Waals surface area contributed by atoms with E-state index in [0.717, 1.165) is 5.56 Å². The average molecular weight is 486 g/mol. The number of morpholine rings is 1. The van der Waals surface area contributed by atoms with Gasteiger partial charge in [0.1, 0.15) is 0 Å². The summed E-state index contributed by atoms with van der Waals surface area (Å²) in [4.78, 5) is 0.175. The molecule has 4 aromatic rings. The average Bonchev–Trinajstić information content (AvgIpc) is 3.54. The Labute approximate surface area is 194 Å². The lowest BCUT2D eigenvalue weighted by molar-refractivity contribution is 0.0730. The van der Waals surface area contributed by atoms with Crippen LogP contribution >= 0.6 is 11.8 Å². The molecule has 0 unspecified atom stereocenters. The highest BCUT2D eigenvalue weighted by Gasteiger charge is 2.27. The number of rotatable bonds is 7. The molecule has 10 nitrogen and oxygen atoms in total. The van der Waals surface area contributed by atoms with Gasteiger partial charge in [-0.25, -0.2) is 8.42 Å². The molecule has 0 saturated carbocycles. The standard InChI is InChI=1S/C21H19N5O5S2/c27-33(28,26-9-11-29-12-10-26)17-8-4-7-16(13-17)20-24-25-21(31-20)32-14-18-22-23-19(30-18)15-5-2-1-3-6-15/h1-8,13H,9-12,14H2. The quantitative estimate of drug-likeness (QED) is 0.361. The largest absolute Gasteiger partial charge is 0.420 e. The van der Waals surface area contributed by atoms with Crippen molar-refractivity contribution in [3.05, 3.63) is 60.5 Å². The third kappa shape index (κ3) is 4.83. The molecule has 170 valence electrons. The summed E-state index contributed by atoms with van der Waals surface area (Å²) in [5.41, 5.74) is 1.36. The van der Waals surface area contributed by atoms with Crippen molar-refractivity contribution in [1.82, 2.24) is 24.7 Å². The fourth-order valence-electron chi connectivity index (χ4n) is 3.24. The molecule has 1 aliphatic rings. The van der Waals surface area contributed by atoms with Gasteiger partial charge >= 0.3 is 0 Å². The summed E-state index contributed by atoms with van der Waals surface area (Å²) in [5.74, 6) is 1.45. The molecule has 0 spiro atoms. The lowest BCUT2D eigenvalue weighted by Gasteiger charge is -2.26. The summed E-state index contributed by atoms with van der Waals surface area (Å²) in [6.45, 7) is 1.43. The highest BCUT2D eigenvalue weighted by Crippen LogP contribution is 2.28. The third-order valence-electron chi connectivity index (χ3n) is 4.90. The minimum Gasteiger partial charge on any atom is -0.420 e. The van der Waals surface area contributed by atoms with E-state index in [9.17, 15) is 8.42 Å². The highest BCUT2D eigenvalue weighted by atomic mass is 32.2. The zero-order valence-corrected chi connectivity index (χ0v) is 19.0. The molecule has 3 heterocycles. The summed E-state index contributed by atoms with van der Waals surface area (Å²) >= 11 is 1.25. The van der Waals surface area contributed by atoms with E-state index >= 15 is 0 Å². The molecular weight excluding hydrogens is 466 g/mol. The van der Waals surface area contributed by atoms with Gasteiger partial charge in [0.05, 0.1) is 23.9 Å². The van der Waals surface area contributed by atoms with Crippen LogP contribution in [-0.2, 0) is 20.5 Å². The Kier molecular flexibility index (Phi) is 6.22. The van der Waals surface area contributed by atoms with Gasteiger partial charge in [0.15, 0.2) is 0 Å². The molecule has 2 aromatic carbocycles. The van der Waals surface area contributed by atoms with Crippen LogP contribution in [0.1, 0.15) is 5.89 Å². The van der Waals surface area contributed by atoms with E-state index in [1.54, 1.807) is 18.2 Å². The topological polar surface area (TPSA) is 124 Å². The summed E-state index contributed by atoms with van der Waals surface area (Å²) in [6.07, 6.45) is 0. The van der Waals surface area contributed by atoms with E-state index in [0.29, 0.717) is 54.6 Å². The second kappa shape index (κ2) is 9.43. The highest BCUT2D eigenvalue weighted by molar-refractivity contribution is 7.98. The van der Waals surface area contributed by atoms with Crippen molar-refractivity contribution in [2.24, 2.45) is 0 Å². The number of nitrogens with zero attached hydrogens (tertiary/aromatic N) is 5. The lowest BCUT2D eigenvalue weighted by Crippen LogP contribution is -2.40. The van der Waals surface area contributed by atoms with Crippen molar-refractivity contribution in [2.75, 3.05) is 26.3 Å². The molecule has 1 aliphatic heterocycles. The fraction of sp³-hybridized carbons (Fsp3) is 0.238. The van der Waals surface area contributed by atoms with Gasteiger partial charge in [-0.05, 0) is 30.3 Å². The van der Waals surface area contributed by atoms with Crippen molar-refractivity contribution in [2.45, 2.75) is 15.9 Å². The number of aromatic nitrogens is 4. The van der Waals surface area contributed by atoms with Crippen molar-refractivity contribution in [3.63, 3.8) is 0 Å². The first-order chi connectivity index (χ1) is 16.1. The van der Waals surface area contributed by atoms with Crippen LogP contribution < -0.4 is 0 Å². The third-order valence-corrected chi connectivity index (χ3v) is 7.60. The predicted molar refractivity (Wildman–Crippen MR) is 119 cm³/mol. The number of hydrogen-bond donors (Lipinski definition) is 0. The second-order valence-corrected chi connectivity index (χ2v) is 9.94. The van der Waals surface area contributed by atoms with E-state index in [1.165, 1.54) is 22.1 Å². The number of benzene rings is 2. The SMILES string of the molecule is O=S(=O)(c1cccc(-c2nnc(SCc3nnc(-c4ccccc4)o3)o2)c1)N1CCOCC1. The minimum absolute atomic E-state index is 0.175. The Balaban J connectivity index is 1.27. The Hall–Kier alpha value is -3.06. The van der Waals surface area contributed by atoms with E-state index < -0.39 is 10.0 Å². The zero-order valence-electron chi connectivity index (χ0n) is 17.3. The second-order valence-electron chi connectivity index (χ2n) is 7.07. The first-order valence-electron chi connectivity index (χ1n) is 10.1. The van der Waals surface area contributed by atoms with Gasteiger partial charge in [-0.1, -0.05) is 36.0 Å². The monoisotopic (exact) mass is 485 g/mol. The number of ether oxygens (including phenoxy) is 1. The Morgan fingerprint density at radius 2 is 1.58 bits per heavy atom. The lowest BCUT2D eigenvalue weighted by atomic mass is 10.2. The first-order valence-corrected chi connectivity index (χ1v) is 12.5. The van der Waals surface area contributed by atoms with Crippen LogP contribution in [0, 0.1) is 0 Å². The van der Waals surface area contributed by atoms with E-state index in [4.69, 9.17) is 13.6 Å². The molecule has 12 heteroatoms. The predicted octanol–water partition coefficient (Wildman–Crippen LogP) is 3.10. The summed E-state index contributed by atoms with van der Waals surface area (Å²) in [6, 6.07) is 16.0. The van der Waals surface area contributed by atoms with Crippen LogP contribution in [0.2, 0.25) is 0 Å². The molecule has 33 heavy (non-hydrogen) atoms. The van der Waals surface area contributed by atoms with Crippen molar-refractivity contribution >= 4 is 21.8 Å². The summed E-state index contributed by atoms with van der Waals surface area (Å²) in [5, 5.41) is 16.5. The van der Waals surface area contributed by atoms with Gasteiger partial charge in [-0.2, -0.15) is 4.31 Å². The summed E-state index contributed by atoms with van der Waals surface area (Å²) < 4.78 is 43.9. The van der Waals surface area contributed by atoms with Crippen LogP contribution in [0.5, 0.6) is 0 Å². The van der Waals surface area contributed by atoms with Crippen molar-refractivity contribution in [1.29, 1.82) is 0 Å². The van der Waals surface area contributed by atoms with Crippen LogP contribution in [0.4, 0.5) is 0 Å². The Morgan fingerprint density at radius 3 is 2.39 bits per heavy atom. The van der Waals surface area contributed by atoms with Gasteiger partial charge < -0.3 is 13.6 Å². The smallest absolute Gasteiger partial charge is 0.277 e. The fourth-order valence-corrected chi connectivity index (χ4v) is 5.30. The zero-order chi connectivity index (χ0) is 22.7. The van der Waals surface area contributed by atoms with Gasteiger partial charge in [0, 0.05) is 24.2 Å². The molecule has 2 aromatic heterocycles. The molecule has 0 aliphatic carbocycles. The van der Waals surface area contributed by atoms with Crippen LogP contribution in [0.15, 0.2) is 73.5 Å². The Bertz CT molecular complexity index is 1330. The molecule has 0 atom stereocenters. The van der Waals surface area contributed by atoms with Gasteiger partial charge in [0.2, 0.25) is 27.7 Å². The van der Waals surface area contributed by atoms with Crippen LogP contribution in [0.25, 0.3) is 22.9 Å². The maximum atomic E-state index is 12.9. The van der Waals surface area contributed by atoms with Gasteiger partial charge in [-0.3, -0.25) is 0 Å². The molecule has 1 fully saturated rings. The Morgan fingerprint density at radius 1 is 0.848 bits per heavy atom. The molecule has 0 bridgehead atoms. The summed E-state index contributed by atoms with van der Waals surface area (Å²) in [7, 11) is -3.62. The van der Waals surface area contributed by atoms with E-state index in [1.807, 2.05) is 30.3 Å². The van der Waals surface area contributed by atoms with Gasteiger partial charge in [0.25, 0.3) is 5.22 Å². The van der Waals surface area contributed by atoms with E-state index in [-0.39, 0.29) is 10.8 Å². The maximum Gasteiger partial charge on any atom is 0.277 e. The van der Waals surface area contributed by atoms with Crippen LogP contribution in [0.3, 0.4) is 0 Å². The molecule has 0 radical (unpaired) electrons. The molecule has 5 rings (SSSR count). The normalized spacial score (nSPS) is 15.0. The molecular formula is C21H19N5O5S2.